The Kier molecular flexibility index (Phi) is 3.36. The first kappa shape index (κ1) is 14.7. The van der Waals surface area contributed by atoms with Crippen LogP contribution in [0.5, 0.6) is 0 Å². The summed E-state index contributed by atoms with van der Waals surface area (Å²) >= 11 is 0. The van der Waals surface area contributed by atoms with Crippen molar-refractivity contribution in [1.82, 2.24) is 0 Å². The molecule has 0 amide bonds. The van der Waals surface area contributed by atoms with Crippen molar-refractivity contribution in [2.75, 3.05) is 0 Å². The molecular formula is C16H22O2. The van der Waals surface area contributed by atoms with Crippen LogP contribution in [0.3, 0.4) is 0 Å². The first-order valence-electron chi connectivity index (χ1n) is 6.12. The third kappa shape index (κ3) is 2.73. The van der Waals surface area contributed by atoms with Gasteiger partial charge in [0.25, 0.3) is 0 Å². The van der Waals surface area contributed by atoms with Gasteiger partial charge in [-0.05, 0) is 23.0 Å². The van der Waals surface area contributed by atoms with E-state index >= 15 is 0 Å². The van der Waals surface area contributed by atoms with Gasteiger partial charge < -0.3 is 5.11 Å². The lowest BCUT2D eigenvalue weighted by atomic mass is 9.70. The van der Waals surface area contributed by atoms with Crippen LogP contribution in [0, 0.1) is 23.2 Å². The topological polar surface area (TPSA) is 37.3 Å². The number of aliphatic hydroxyl groups is 1. The molecule has 0 saturated heterocycles. The zero-order chi connectivity index (χ0) is 14.4. The van der Waals surface area contributed by atoms with Crippen LogP contribution in [0.1, 0.15) is 41.5 Å². The zero-order valence-electron chi connectivity index (χ0n) is 12.1. The second-order valence-electron chi connectivity index (χ2n) is 6.91. The summed E-state index contributed by atoms with van der Waals surface area (Å²) in [4.78, 5) is 12.5. The van der Waals surface area contributed by atoms with Crippen molar-refractivity contribution in [3.8, 4) is 12.3 Å². The average Bonchev–Trinajstić information content (AvgIpc) is 2.18. The predicted molar refractivity (Wildman–Crippen MR) is 73.9 cm³/mol. The van der Waals surface area contributed by atoms with E-state index in [2.05, 4.69) is 5.92 Å². The van der Waals surface area contributed by atoms with Gasteiger partial charge in [0.1, 0.15) is 0 Å². The van der Waals surface area contributed by atoms with Crippen LogP contribution in [0.4, 0.5) is 0 Å². The minimum Gasteiger partial charge on any atom is -0.370 e. The second kappa shape index (κ2) is 4.10. The van der Waals surface area contributed by atoms with Crippen LogP contribution in [0.15, 0.2) is 23.3 Å². The SMILES string of the molecule is C#CC1(O)C=C(C(C)(C)C)C(=O)C(C(C)(C)C)=C1. The third-order valence-electron chi connectivity index (χ3n) is 3.07. The highest BCUT2D eigenvalue weighted by atomic mass is 16.3. The summed E-state index contributed by atoms with van der Waals surface area (Å²) in [5.41, 5.74) is -0.982. The fourth-order valence-electron chi connectivity index (χ4n) is 1.96. The van der Waals surface area contributed by atoms with Gasteiger partial charge >= 0.3 is 0 Å². The van der Waals surface area contributed by atoms with Crippen molar-refractivity contribution in [2.24, 2.45) is 10.8 Å². The molecule has 2 heteroatoms. The van der Waals surface area contributed by atoms with Gasteiger partial charge in [0.05, 0.1) is 0 Å². The summed E-state index contributed by atoms with van der Waals surface area (Å²) in [7, 11) is 0. The number of hydrogen-bond donors (Lipinski definition) is 1. The fourth-order valence-corrected chi connectivity index (χ4v) is 1.96. The molecule has 18 heavy (non-hydrogen) atoms. The summed E-state index contributed by atoms with van der Waals surface area (Å²) < 4.78 is 0. The molecule has 1 N–H and O–H groups in total. The number of rotatable bonds is 0. The van der Waals surface area contributed by atoms with Crippen molar-refractivity contribution >= 4 is 5.78 Å². The number of ketones is 1. The monoisotopic (exact) mass is 246 g/mol. The average molecular weight is 246 g/mol. The van der Waals surface area contributed by atoms with E-state index < -0.39 is 5.60 Å². The Morgan fingerprint density at radius 2 is 1.39 bits per heavy atom. The second-order valence-corrected chi connectivity index (χ2v) is 6.91. The van der Waals surface area contributed by atoms with E-state index in [1.165, 1.54) is 12.2 Å². The first-order valence-corrected chi connectivity index (χ1v) is 6.12. The number of hydrogen-bond acceptors (Lipinski definition) is 2. The van der Waals surface area contributed by atoms with Crippen LogP contribution < -0.4 is 0 Å². The Morgan fingerprint density at radius 3 is 1.61 bits per heavy atom. The van der Waals surface area contributed by atoms with E-state index in [9.17, 15) is 9.90 Å². The molecule has 2 nitrogen and oxygen atoms in total. The van der Waals surface area contributed by atoms with E-state index in [-0.39, 0.29) is 16.6 Å². The summed E-state index contributed by atoms with van der Waals surface area (Å²) in [6, 6.07) is 0. The molecule has 1 aliphatic rings. The van der Waals surface area contributed by atoms with Crippen molar-refractivity contribution in [1.29, 1.82) is 0 Å². The molecule has 1 rings (SSSR count). The van der Waals surface area contributed by atoms with E-state index in [0.717, 1.165) is 0 Å². The van der Waals surface area contributed by atoms with Crippen molar-refractivity contribution < 1.29 is 9.90 Å². The summed E-state index contributed by atoms with van der Waals surface area (Å²) in [6.07, 6.45) is 8.40. The van der Waals surface area contributed by atoms with Gasteiger partial charge in [-0.1, -0.05) is 47.5 Å². The molecule has 1 aliphatic carbocycles. The lowest BCUT2D eigenvalue weighted by molar-refractivity contribution is -0.114. The van der Waals surface area contributed by atoms with Gasteiger partial charge in [-0.25, -0.2) is 0 Å². The van der Waals surface area contributed by atoms with Crippen LogP contribution in [0.25, 0.3) is 0 Å². The van der Waals surface area contributed by atoms with Crippen molar-refractivity contribution in [3.05, 3.63) is 23.3 Å². The largest absolute Gasteiger partial charge is 0.370 e. The van der Waals surface area contributed by atoms with Crippen LogP contribution in [-0.4, -0.2) is 16.5 Å². The Hall–Kier alpha value is -1.33. The van der Waals surface area contributed by atoms with E-state index in [1.54, 1.807) is 0 Å². The van der Waals surface area contributed by atoms with E-state index in [1.807, 2.05) is 41.5 Å². The Morgan fingerprint density at radius 1 is 1.06 bits per heavy atom. The number of Topliss-reactive ketones (excluding diaryl/α,β-unsaturated/α-hetero) is 1. The highest BCUT2D eigenvalue weighted by Crippen LogP contribution is 2.39. The first-order chi connectivity index (χ1) is 7.91. The maximum Gasteiger partial charge on any atom is 0.185 e. The highest BCUT2D eigenvalue weighted by Gasteiger charge is 2.39. The molecule has 0 aromatic heterocycles. The molecule has 0 heterocycles. The summed E-state index contributed by atoms with van der Waals surface area (Å²) in [5, 5.41) is 10.3. The molecule has 0 saturated carbocycles. The fraction of sp³-hybridized carbons (Fsp3) is 0.562. The molecule has 0 unspecified atom stereocenters. The molecule has 0 aliphatic heterocycles. The molecule has 0 aromatic carbocycles. The number of carbonyl (C=O) groups excluding carboxylic acids is 1. The van der Waals surface area contributed by atoms with Crippen molar-refractivity contribution in [3.63, 3.8) is 0 Å². The zero-order valence-corrected chi connectivity index (χ0v) is 12.1. The standard InChI is InChI=1S/C16H22O2/c1-8-16(18)9-11(14(2,3)4)13(17)12(10-16)15(5,6)7/h1,9-10,18H,2-7H3. The summed E-state index contributed by atoms with van der Waals surface area (Å²) in [6.45, 7) is 11.7. The maximum absolute atomic E-state index is 12.5. The van der Waals surface area contributed by atoms with Gasteiger partial charge in [-0.15, -0.1) is 6.42 Å². The van der Waals surface area contributed by atoms with E-state index in [4.69, 9.17) is 6.42 Å². The normalized spacial score (nSPS) is 20.0. The van der Waals surface area contributed by atoms with Gasteiger partial charge in [0, 0.05) is 11.1 Å². The van der Waals surface area contributed by atoms with Crippen LogP contribution in [-0.2, 0) is 4.79 Å². The van der Waals surface area contributed by atoms with Gasteiger partial charge in [0.2, 0.25) is 0 Å². The minimum atomic E-state index is -1.46. The Bertz CT molecular complexity index is 437. The van der Waals surface area contributed by atoms with Crippen LogP contribution in [0.2, 0.25) is 0 Å². The smallest absolute Gasteiger partial charge is 0.185 e. The lowest BCUT2D eigenvalue weighted by Gasteiger charge is -2.34. The highest BCUT2D eigenvalue weighted by molar-refractivity contribution is 6.11. The number of terminal acetylenes is 1. The molecule has 98 valence electrons. The van der Waals surface area contributed by atoms with Gasteiger partial charge in [-0.3, -0.25) is 4.79 Å². The van der Waals surface area contributed by atoms with Gasteiger partial charge in [0.15, 0.2) is 11.4 Å². The molecule has 0 radical (unpaired) electrons. The molecule has 0 atom stereocenters. The number of carbonyl (C=O) groups is 1. The minimum absolute atomic E-state index is 0.0186. The quantitative estimate of drug-likeness (QED) is 0.667. The summed E-state index contributed by atoms with van der Waals surface area (Å²) in [5.74, 6) is 2.34. The molecular weight excluding hydrogens is 224 g/mol. The Labute approximate surface area is 110 Å². The molecule has 0 spiro atoms. The molecule has 0 aromatic rings. The predicted octanol–water partition coefficient (Wildman–Crippen LogP) is 2.88. The number of allylic oxidation sites excluding steroid dienone is 2. The van der Waals surface area contributed by atoms with Gasteiger partial charge in [-0.2, -0.15) is 0 Å². The Balaban J connectivity index is 3.46. The molecule has 0 bridgehead atoms. The van der Waals surface area contributed by atoms with Crippen molar-refractivity contribution in [2.45, 2.75) is 47.1 Å². The lowest BCUT2D eigenvalue weighted by Crippen LogP contribution is -2.36. The third-order valence-corrected chi connectivity index (χ3v) is 3.07. The van der Waals surface area contributed by atoms with Crippen LogP contribution >= 0.6 is 0 Å². The molecule has 0 fully saturated rings. The van der Waals surface area contributed by atoms with E-state index in [0.29, 0.717) is 11.1 Å². The maximum atomic E-state index is 12.5.